The zero-order chi connectivity index (χ0) is 16.3. The molecule has 0 amide bonds. The number of hydrogen-bond acceptors (Lipinski definition) is 3. The largest absolute Gasteiger partial charge is 0.480 e. The number of carboxylic acid groups (broad SMARTS) is 1. The van der Waals surface area contributed by atoms with E-state index in [1.54, 1.807) is 0 Å². The molecule has 0 aromatic rings. The van der Waals surface area contributed by atoms with Crippen molar-refractivity contribution in [2.75, 3.05) is 13.1 Å². The summed E-state index contributed by atoms with van der Waals surface area (Å²) in [7, 11) is 0. The number of carboxylic acids is 1. The van der Waals surface area contributed by atoms with Crippen molar-refractivity contribution in [3.8, 4) is 0 Å². The summed E-state index contributed by atoms with van der Waals surface area (Å²) < 4.78 is 38.0. The SMILES string of the molecule is CCCN(CC(F)(F)F)C1CCC(NC(C)C)(C(=O)O)C1. The van der Waals surface area contributed by atoms with Crippen LogP contribution in [0.3, 0.4) is 0 Å². The Bertz CT molecular complexity index is 361. The predicted molar refractivity (Wildman–Crippen MR) is 74.2 cm³/mol. The van der Waals surface area contributed by atoms with Crippen LogP contribution in [0.5, 0.6) is 0 Å². The first-order valence-corrected chi connectivity index (χ1v) is 7.41. The molecule has 0 saturated heterocycles. The lowest BCUT2D eigenvalue weighted by atomic mass is 9.96. The molecule has 1 rings (SSSR count). The summed E-state index contributed by atoms with van der Waals surface area (Å²) in [6, 6.07) is -0.365. The second kappa shape index (κ2) is 6.96. The van der Waals surface area contributed by atoms with Gasteiger partial charge in [-0.3, -0.25) is 15.0 Å². The van der Waals surface area contributed by atoms with Gasteiger partial charge in [0.2, 0.25) is 0 Å². The molecule has 1 aliphatic carbocycles. The van der Waals surface area contributed by atoms with Gasteiger partial charge >= 0.3 is 12.1 Å². The molecule has 2 atom stereocenters. The minimum Gasteiger partial charge on any atom is -0.480 e. The van der Waals surface area contributed by atoms with Crippen molar-refractivity contribution in [3.05, 3.63) is 0 Å². The van der Waals surface area contributed by atoms with Crippen molar-refractivity contribution < 1.29 is 23.1 Å². The van der Waals surface area contributed by atoms with E-state index in [0.29, 0.717) is 25.8 Å². The predicted octanol–water partition coefficient (Wildman–Crippen LogP) is 2.63. The highest BCUT2D eigenvalue weighted by Crippen LogP contribution is 2.35. The molecule has 21 heavy (non-hydrogen) atoms. The van der Waals surface area contributed by atoms with Crippen LogP contribution in [0.4, 0.5) is 13.2 Å². The molecule has 0 radical (unpaired) electrons. The minimum absolute atomic E-state index is 0.0258. The van der Waals surface area contributed by atoms with Crippen molar-refractivity contribution in [1.82, 2.24) is 10.2 Å². The first kappa shape index (κ1) is 18.2. The van der Waals surface area contributed by atoms with Crippen LogP contribution in [0.25, 0.3) is 0 Å². The molecule has 0 heterocycles. The molecule has 0 bridgehead atoms. The van der Waals surface area contributed by atoms with E-state index in [1.165, 1.54) is 4.90 Å². The Labute approximate surface area is 123 Å². The van der Waals surface area contributed by atoms with Gasteiger partial charge in [0.05, 0.1) is 6.54 Å². The van der Waals surface area contributed by atoms with E-state index in [4.69, 9.17) is 0 Å². The van der Waals surface area contributed by atoms with Gasteiger partial charge in [0.15, 0.2) is 0 Å². The molecular formula is C14H25F3N2O2. The monoisotopic (exact) mass is 310 g/mol. The fraction of sp³-hybridized carbons (Fsp3) is 0.929. The van der Waals surface area contributed by atoms with E-state index >= 15 is 0 Å². The van der Waals surface area contributed by atoms with Gasteiger partial charge in [-0.1, -0.05) is 6.92 Å². The summed E-state index contributed by atoms with van der Waals surface area (Å²) in [6.45, 7) is 4.88. The van der Waals surface area contributed by atoms with Crippen LogP contribution in [0.2, 0.25) is 0 Å². The van der Waals surface area contributed by atoms with Crippen molar-refractivity contribution in [1.29, 1.82) is 0 Å². The number of carbonyl (C=O) groups is 1. The molecule has 0 aliphatic heterocycles. The molecule has 2 N–H and O–H groups in total. The number of nitrogens with zero attached hydrogens (tertiary/aromatic N) is 1. The van der Waals surface area contributed by atoms with Crippen LogP contribution in [0.1, 0.15) is 46.5 Å². The van der Waals surface area contributed by atoms with Gasteiger partial charge in [0, 0.05) is 12.1 Å². The van der Waals surface area contributed by atoms with Gasteiger partial charge in [-0.15, -0.1) is 0 Å². The molecule has 1 fully saturated rings. The summed E-state index contributed by atoms with van der Waals surface area (Å²) in [6.07, 6.45) is -2.58. The first-order chi connectivity index (χ1) is 9.59. The average molecular weight is 310 g/mol. The second-order valence-electron chi connectivity index (χ2n) is 6.17. The van der Waals surface area contributed by atoms with Gasteiger partial charge < -0.3 is 5.11 Å². The Balaban J connectivity index is 2.82. The van der Waals surface area contributed by atoms with Crippen LogP contribution in [-0.4, -0.2) is 52.9 Å². The molecule has 4 nitrogen and oxygen atoms in total. The zero-order valence-corrected chi connectivity index (χ0v) is 12.8. The van der Waals surface area contributed by atoms with Gasteiger partial charge in [0.25, 0.3) is 0 Å². The molecule has 1 aliphatic rings. The summed E-state index contributed by atoms with van der Waals surface area (Å²) in [4.78, 5) is 12.9. The minimum atomic E-state index is -4.25. The Morgan fingerprint density at radius 1 is 1.48 bits per heavy atom. The maximum absolute atomic E-state index is 12.7. The van der Waals surface area contributed by atoms with Crippen molar-refractivity contribution >= 4 is 5.97 Å². The first-order valence-electron chi connectivity index (χ1n) is 7.41. The number of halogens is 3. The number of hydrogen-bond donors (Lipinski definition) is 2. The summed E-state index contributed by atoms with van der Waals surface area (Å²) in [5, 5.41) is 12.5. The van der Waals surface area contributed by atoms with Crippen LogP contribution < -0.4 is 5.32 Å². The molecule has 124 valence electrons. The second-order valence-corrected chi connectivity index (χ2v) is 6.17. The fourth-order valence-electron chi connectivity index (χ4n) is 3.18. The third kappa shape index (κ3) is 5.14. The summed E-state index contributed by atoms with van der Waals surface area (Å²) >= 11 is 0. The van der Waals surface area contributed by atoms with E-state index in [0.717, 1.165) is 0 Å². The van der Waals surface area contributed by atoms with Crippen molar-refractivity contribution in [3.63, 3.8) is 0 Å². The summed E-state index contributed by atoms with van der Waals surface area (Å²) in [5.41, 5.74) is -1.10. The lowest BCUT2D eigenvalue weighted by Gasteiger charge is -2.32. The van der Waals surface area contributed by atoms with Gasteiger partial charge in [0.1, 0.15) is 5.54 Å². The number of rotatable bonds is 7. The van der Waals surface area contributed by atoms with Crippen LogP contribution in [0, 0.1) is 0 Å². The molecule has 0 aromatic carbocycles. The van der Waals surface area contributed by atoms with E-state index in [2.05, 4.69) is 5.32 Å². The third-order valence-corrected chi connectivity index (χ3v) is 3.87. The summed E-state index contributed by atoms with van der Waals surface area (Å²) in [5.74, 6) is -0.970. The van der Waals surface area contributed by atoms with Crippen LogP contribution >= 0.6 is 0 Å². The standard InChI is InChI=1S/C14H25F3N2O2/c1-4-7-19(9-14(15,16)17)11-5-6-13(8-11,12(20)21)18-10(2)3/h10-11,18H,4-9H2,1-3H3,(H,20,21). The smallest absolute Gasteiger partial charge is 0.401 e. The maximum atomic E-state index is 12.7. The lowest BCUT2D eigenvalue weighted by molar-refractivity contribution is -0.151. The quantitative estimate of drug-likeness (QED) is 0.759. The van der Waals surface area contributed by atoms with E-state index in [1.807, 2.05) is 20.8 Å². The highest BCUT2D eigenvalue weighted by atomic mass is 19.4. The number of aliphatic carboxylic acids is 1. The highest BCUT2D eigenvalue weighted by Gasteiger charge is 2.48. The Morgan fingerprint density at radius 3 is 2.52 bits per heavy atom. The normalized spacial score (nSPS) is 26.8. The number of alkyl halides is 3. The van der Waals surface area contributed by atoms with Gasteiger partial charge in [-0.05, 0) is 46.1 Å². The maximum Gasteiger partial charge on any atom is 0.401 e. The highest BCUT2D eigenvalue weighted by molar-refractivity contribution is 5.79. The van der Waals surface area contributed by atoms with Gasteiger partial charge in [-0.2, -0.15) is 13.2 Å². The average Bonchev–Trinajstić information content (AvgIpc) is 2.71. The third-order valence-electron chi connectivity index (χ3n) is 3.87. The molecule has 1 saturated carbocycles. The number of nitrogens with one attached hydrogen (secondary N) is 1. The van der Waals surface area contributed by atoms with Crippen molar-refractivity contribution in [2.45, 2.75) is 70.3 Å². The van der Waals surface area contributed by atoms with E-state index < -0.39 is 24.2 Å². The van der Waals surface area contributed by atoms with Gasteiger partial charge in [-0.25, -0.2) is 0 Å². The molecular weight excluding hydrogens is 285 g/mol. The molecule has 2 unspecified atom stereocenters. The Morgan fingerprint density at radius 2 is 2.10 bits per heavy atom. The fourth-order valence-corrected chi connectivity index (χ4v) is 3.18. The lowest BCUT2D eigenvalue weighted by Crippen LogP contribution is -2.54. The molecule has 0 spiro atoms. The molecule has 0 aromatic heterocycles. The Kier molecular flexibility index (Phi) is 6.04. The molecule has 7 heteroatoms. The van der Waals surface area contributed by atoms with Crippen molar-refractivity contribution in [2.24, 2.45) is 0 Å². The van der Waals surface area contributed by atoms with E-state index in [-0.39, 0.29) is 18.5 Å². The zero-order valence-electron chi connectivity index (χ0n) is 12.8. The van der Waals surface area contributed by atoms with E-state index in [9.17, 15) is 23.1 Å². The van der Waals surface area contributed by atoms with Crippen LogP contribution in [-0.2, 0) is 4.79 Å². The topological polar surface area (TPSA) is 52.6 Å². The van der Waals surface area contributed by atoms with Crippen LogP contribution in [0.15, 0.2) is 0 Å². The Hall–Kier alpha value is -0.820.